The molecule has 0 radical (unpaired) electrons. The molecule has 31 heavy (non-hydrogen) atoms. The van der Waals surface area contributed by atoms with Crippen molar-refractivity contribution < 1.29 is 19.1 Å². The molecule has 1 aliphatic carbocycles. The molecular formula is C24H30BrNO4S. The van der Waals surface area contributed by atoms with Crippen LogP contribution in [0.3, 0.4) is 0 Å². The number of ether oxygens (including phenoxy) is 2. The van der Waals surface area contributed by atoms with E-state index in [1.807, 2.05) is 6.07 Å². The van der Waals surface area contributed by atoms with Crippen molar-refractivity contribution in [1.29, 1.82) is 0 Å². The van der Waals surface area contributed by atoms with Crippen molar-refractivity contribution in [3.05, 3.63) is 44.2 Å². The number of halogens is 1. The van der Waals surface area contributed by atoms with Gasteiger partial charge < -0.3 is 14.8 Å². The number of carbonyl (C=O) groups excluding carboxylic acids is 2. The van der Waals surface area contributed by atoms with E-state index in [-0.39, 0.29) is 11.9 Å². The molecule has 0 atom stereocenters. The quantitative estimate of drug-likeness (QED) is 0.311. The third kappa shape index (κ3) is 6.10. The Morgan fingerprint density at radius 1 is 1.23 bits per heavy atom. The lowest BCUT2D eigenvalue weighted by Crippen LogP contribution is -2.16. The minimum absolute atomic E-state index is 0.109. The number of hydrogen-bond acceptors (Lipinski definition) is 5. The first-order valence-corrected chi connectivity index (χ1v) is 12.5. The number of thiophene rings is 1. The summed E-state index contributed by atoms with van der Waals surface area (Å²) in [6.45, 7) is 6.86. The number of aryl methyl sites for hydroxylation is 1. The largest absolute Gasteiger partial charge is 0.492 e. The highest BCUT2D eigenvalue weighted by Crippen LogP contribution is 2.38. The van der Waals surface area contributed by atoms with Crippen LogP contribution in [-0.2, 0) is 22.4 Å². The molecule has 7 heteroatoms. The average Bonchev–Trinajstić information content (AvgIpc) is 3.09. The lowest BCUT2D eigenvalue weighted by Gasteiger charge is -2.12. The second-order valence-corrected chi connectivity index (χ2v) is 9.94. The van der Waals surface area contributed by atoms with Crippen LogP contribution >= 0.6 is 27.3 Å². The van der Waals surface area contributed by atoms with Crippen LogP contribution in [0.25, 0.3) is 0 Å². The van der Waals surface area contributed by atoms with E-state index in [2.05, 4.69) is 47.2 Å². The topological polar surface area (TPSA) is 64.6 Å². The number of carbonyl (C=O) groups is 2. The number of rotatable bonds is 9. The van der Waals surface area contributed by atoms with Crippen molar-refractivity contribution in [3.8, 4) is 5.75 Å². The normalized spacial score (nSPS) is 13.1. The van der Waals surface area contributed by atoms with Gasteiger partial charge in [0.15, 0.2) is 0 Å². The molecule has 1 N–H and O–H groups in total. The van der Waals surface area contributed by atoms with E-state index in [1.165, 1.54) is 21.8 Å². The van der Waals surface area contributed by atoms with E-state index >= 15 is 0 Å². The van der Waals surface area contributed by atoms with Crippen LogP contribution in [0, 0.1) is 0 Å². The van der Waals surface area contributed by atoms with Crippen molar-refractivity contribution in [2.45, 2.75) is 65.2 Å². The highest BCUT2D eigenvalue weighted by molar-refractivity contribution is 9.10. The smallest absolute Gasteiger partial charge is 0.341 e. The molecule has 1 heterocycles. The van der Waals surface area contributed by atoms with Crippen LogP contribution in [0.1, 0.15) is 78.7 Å². The molecule has 0 fully saturated rings. The predicted molar refractivity (Wildman–Crippen MR) is 129 cm³/mol. The molecule has 3 rings (SSSR count). The van der Waals surface area contributed by atoms with E-state index in [0.29, 0.717) is 42.5 Å². The molecular weight excluding hydrogens is 478 g/mol. The summed E-state index contributed by atoms with van der Waals surface area (Å²) in [7, 11) is 0. The first-order chi connectivity index (χ1) is 14.9. The van der Waals surface area contributed by atoms with Crippen LogP contribution in [0.4, 0.5) is 5.00 Å². The van der Waals surface area contributed by atoms with E-state index in [1.54, 1.807) is 6.92 Å². The molecule has 0 spiro atoms. The van der Waals surface area contributed by atoms with Crippen molar-refractivity contribution >= 4 is 44.1 Å². The summed E-state index contributed by atoms with van der Waals surface area (Å²) in [5.41, 5.74) is 2.86. The number of hydrogen-bond donors (Lipinski definition) is 1. The summed E-state index contributed by atoms with van der Waals surface area (Å²) in [6, 6.07) is 6.09. The molecule has 0 saturated heterocycles. The fraction of sp³-hybridized carbons (Fsp3) is 0.500. The highest BCUT2D eigenvalue weighted by atomic mass is 79.9. The highest BCUT2D eigenvalue weighted by Gasteiger charge is 2.27. The Morgan fingerprint density at radius 2 is 2.00 bits per heavy atom. The Labute approximate surface area is 196 Å². The SMILES string of the molecule is CCOC(=O)c1c(NC(=O)CCCOc2ccc(C(C)C)cc2Br)sc2c1CCCC2. The van der Waals surface area contributed by atoms with Crippen LogP contribution in [-0.4, -0.2) is 25.1 Å². The Morgan fingerprint density at radius 3 is 2.71 bits per heavy atom. The van der Waals surface area contributed by atoms with E-state index in [4.69, 9.17) is 9.47 Å². The fourth-order valence-corrected chi connectivity index (χ4v) is 5.47. The van der Waals surface area contributed by atoms with Crippen LogP contribution in [0.2, 0.25) is 0 Å². The Hall–Kier alpha value is -1.86. The zero-order valence-electron chi connectivity index (χ0n) is 18.4. The molecule has 1 aromatic carbocycles. The first kappa shape index (κ1) is 23.8. The molecule has 0 aliphatic heterocycles. The van der Waals surface area contributed by atoms with E-state index in [0.717, 1.165) is 41.5 Å². The second-order valence-electron chi connectivity index (χ2n) is 7.98. The lowest BCUT2D eigenvalue weighted by atomic mass is 9.95. The summed E-state index contributed by atoms with van der Waals surface area (Å²) in [4.78, 5) is 26.2. The van der Waals surface area contributed by atoms with Crippen molar-refractivity contribution in [1.82, 2.24) is 0 Å². The van der Waals surface area contributed by atoms with Gasteiger partial charge in [0.05, 0.1) is 23.2 Å². The van der Waals surface area contributed by atoms with E-state index < -0.39 is 0 Å². The summed E-state index contributed by atoms with van der Waals surface area (Å²) in [6.07, 6.45) is 4.92. The Balaban J connectivity index is 1.55. The molecule has 0 bridgehead atoms. The summed E-state index contributed by atoms with van der Waals surface area (Å²) >= 11 is 5.07. The van der Waals surface area contributed by atoms with Gasteiger partial charge in [-0.25, -0.2) is 4.79 Å². The van der Waals surface area contributed by atoms with Gasteiger partial charge in [-0.15, -0.1) is 11.3 Å². The van der Waals surface area contributed by atoms with Crippen molar-refractivity contribution in [3.63, 3.8) is 0 Å². The monoisotopic (exact) mass is 507 g/mol. The minimum atomic E-state index is -0.338. The van der Waals surface area contributed by atoms with Gasteiger partial charge in [-0.1, -0.05) is 19.9 Å². The number of anilines is 1. The molecule has 0 unspecified atom stereocenters. The number of benzene rings is 1. The maximum atomic E-state index is 12.5. The number of nitrogens with one attached hydrogen (secondary N) is 1. The maximum Gasteiger partial charge on any atom is 0.341 e. The van der Waals surface area contributed by atoms with Gasteiger partial charge in [-0.2, -0.15) is 0 Å². The summed E-state index contributed by atoms with van der Waals surface area (Å²) in [5, 5.41) is 3.58. The fourth-order valence-electron chi connectivity index (χ4n) is 3.67. The van der Waals surface area contributed by atoms with Gasteiger partial charge in [0.25, 0.3) is 0 Å². The standard InChI is InChI=1S/C24H30BrNO4S/c1-4-29-24(28)22-17-8-5-6-9-20(17)31-23(22)26-21(27)10-7-13-30-19-12-11-16(15(2)3)14-18(19)25/h11-12,14-15H,4-10,13H2,1-3H3,(H,26,27). The third-order valence-corrected chi connectivity index (χ3v) is 7.16. The van der Waals surface area contributed by atoms with Gasteiger partial charge in [-0.05, 0) is 84.1 Å². The van der Waals surface area contributed by atoms with Crippen molar-refractivity contribution in [2.75, 3.05) is 18.5 Å². The van der Waals surface area contributed by atoms with Gasteiger partial charge in [0.2, 0.25) is 5.91 Å². The van der Waals surface area contributed by atoms with Gasteiger partial charge >= 0.3 is 5.97 Å². The first-order valence-electron chi connectivity index (χ1n) is 10.9. The molecule has 5 nitrogen and oxygen atoms in total. The second kappa shape index (κ2) is 11.1. The minimum Gasteiger partial charge on any atom is -0.492 e. The number of fused-ring (bicyclic) bond motifs is 1. The lowest BCUT2D eigenvalue weighted by molar-refractivity contribution is -0.116. The maximum absolute atomic E-state index is 12.5. The molecule has 1 amide bonds. The van der Waals surface area contributed by atoms with Crippen LogP contribution < -0.4 is 10.1 Å². The zero-order chi connectivity index (χ0) is 22.4. The average molecular weight is 508 g/mol. The van der Waals surface area contributed by atoms with Crippen molar-refractivity contribution in [2.24, 2.45) is 0 Å². The summed E-state index contributed by atoms with van der Waals surface area (Å²) < 4.78 is 12.0. The molecule has 1 aromatic heterocycles. The number of amides is 1. The van der Waals surface area contributed by atoms with E-state index in [9.17, 15) is 9.59 Å². The van der Waals surface area contributed by atoms with Crippen LogP contribution in [0.5, 0.6) is 5.75 Å². The zero-order valence-corrected chi connectivity index (χ0v) is 20.8. The Kier molecular flexibility index (Phi) is 8.55. The molecule has 168 valence electrons. The third-order valence-electron chi connectivity index (χ3n) is 5.33. The number of esters is 1. The van der Waals surface area contributed by atoms with Gasteiger partial charge in [0, 0.05) is 11.3 Å². The molecule has 1 aliphatic rings. The predicted octanol–water partition coefficient (Wildman–Crippen LogP) is 6.49. The van der Waals surface area contributed by atoms with Gasteiger partial charge in [0.1, 0.15) is 10.8 Å². The Bertz CT molecular complexity index is 938. The van der Waals surface area contributed by atoms with Gasteiger partial charge in [-0.3, -0.25) is 4.79 Å². The molecule has 0 saturated carbocycles. The van der Waals surface area contributed by atoms with Crippen LogP contribution in [0.15, 0.2) is 22.7 Å². The molecule has 2 aromatic rings. The summed E-state index contributed by atoms with van der Waals surface area (Å²) in [5.74, 6) is 0.786.